The van der Waals surface area contributed by atoms with Crippen LogP contribution < -0.4 is 0 Å². The van der Waals surface area contributed by atoms with E-state index in [0.29, 0.717) is 12.8 Å². The fraction of sp³-hybridized carbons (Fsp3) is 0.630. The molecule has 0 amide bonds. The van der Waals surface area contributed by atoms with Crippen LogP contribution in [0.15, 0.2) is 170 Å². The first-order chi connectivity index (χ1) is 42.6. The van der Waals surface area contributed by atoms with E-state index >= 15 is 0 Å². The molecular formula is C81H132O5. The number of ether oxygens (including phenoxy) is 2. The molecule has 5 nitrogen and oxygen atoms in total. The summed E-state index contributed by atoms with van der Waals surface area (Å²) in [6.45, 7) is 3.92. The van der Waals surface area contributed by atoms with Crippen LogP contribution in [-0.4, -0.2) is 36.4 Å². The van der Waals surface area contributed by atoms with Gasteiger partial charge in [0, 0.05) is 12.8 Å². The standard InChI is InChI=1S/C81H132O5/c1-3-5-7-9-11-13-15-17-19-21-23-25-27-29-31-33-35-37-38-39-40-41-42-44-46-48-50-52-54-56-58-60-62-64-66-68-70-72-74-76-81(84)86-79(77-82)78-85-80(83)75-73-71-69-67-65-63-61-59-57-55-53-51-49-47-45-43-36-34-32-30-28-26-24-22-20-18-16-14-12-10-8-6-4-2/h5-8,11-14,17-20,23-26,29-32,35-37,39-40,43,47,49,79,82H,3-4,9-10,15-16,21-22,27-28,33-34,38,41-42,44-46,48,50-78H2,1-2H3/b7-5-,8-6-,13-11-,14-12-,19-17-,20-18-,25-23-,26-24-,31-29-,32-30-,37-35-,40-39-,43-36-,49-47-. The second-order valence-corrected chi connectivity index (χ2v) is 23.2. The smallest absolute Gasteiger partial charge is 0.306 e. The van der Waals surface area contributed by atoms with E-state index in [1.165, 1.54) is 154 Å². The summed E-state index contributed by atoms with van der Waals surface area (Å²) in [6.07, 6.45) is 115. The zero-order chi connectivity index (χ0) is 61.9. The molecule has 0 aromatic rings. The second-order valence-electron chi connectivity index (χ2n) is 23.2. The molecule has 0 heterocycles. The lowest BCUT2D eigenvalue weighted by molar-refractivity contribution is -0.161. The molecule has 0 aromatic heterocycles. The van der Waals surface area contributed by atoms with E-state index in [9.17, 15) is 14.7 Å². The van der Waals surface area contributed by atoms with Crippen molar-refractivity contribution in [2.45, 2.75) is 315 Å². The predicted octanol–water partition coefficient (Wildman–Crippen LogP) is 25.2. The number of carbonyl (C=O) groups excluding carboxylic acids is 2. The van der Waals surface area contributed by atoms with Crippen LogP contribution in [0.2, 0.25) is 0 Å². The Hall–Kier alpha value is -4.74. The SMILES string of the molecule is CC/C=C\C/C=C\C/C=C\C/C=C\C/C=C\C/C=C\C/C=C\CCCCCCCCCCCCCCCCCCCC(=O)OC(CO)COC(=O)CCCCCCCCCCCCC/C=C\C/C=C\C/C=C\C/C=C\C/C=C\C/C=C\C/C=C\CC. The van der Waals surface area contributed by atoms with E-state index in [2.05, 4.69) is 184 Å². The normalized spacial score (nSPS) is 13.3. The largest absolute Gasteiger partial charge is 0.462 e. The van der Waals surface area contributed by atoms with Crippen LogP contribution in [0.5, 0.6) is 0 Å². The van der Waals surface area contributed by atoms with E-state index in [1.54, 1.807) is 0 Å². The Morgan fingerprint density at radius 1 is 0.267 bits per heavy atom. The fourth-order valence-electron chi connectivity index (χ4n) is 9.75. The maximum Gasteiger partial charge on any atom is 0.306 e. The number of esters is 2. The van der Waals surface area contributed by atoms with Crippen molar-refractivity contribution in [2.24, 2.45) is 0 Å². The second kappa shape index (κ2) is 74.5. The summed E-state index contributed by atoms with van der Waals surface area (Å²) in [6, 6.07) is 0. The molecule has 0 aliphatic rings. The van der Waals surface area contributed by atoms with Gasteiger partial charge in [-0.3, -0.25) is 9.59 Å². The highest BCUT2D eigenvalue weighted by Gasteiger charge is 2.16. The molecule has 0 aliphatic heterocycles. The molecule has 0 bridgehead atoms. The number of aliphatic hydroxyl groups is 1. The van der Waals surface area contributed by atoms with Gasteiger partial charge in [0.1, 0.15) is 6.61 Å². The minimum atomic E-state index is -0.785. The van der Waals surface area contributed by atoms with Crippen LogP contribution in [0.3, 0.4) is 0 Å². The highest BCUT2D eigenvalue weighted by molar-refractivity contribution is 5.70. The Labute approximate surface area is 532 Å². The lowest BCUT2D eigenvalue weighted by Crippen LogP contribution is -2.28. The maximum absolute atomic E-state index is 12.4. The van der Waals surface area contributed by atoms with Crippen LogP contribution in [0, 0.1) is 0 Å². The molecule has 86 heavy (non-hydrogen) atoms. The fourth-order valence-corrected chi connectivity index (χ4v) is 9.75. The van der Waals surface area contributed by atoms with Crippen LogP contribution >= 0.6 is 0 Å². The summed E-state index contributed by atoms with van der Waals surface area (Å²) >= 11 is 0. The van der Waals surface area contributed by atoms with Crippen molar-refractivity contribution < 1.29 is 24.2 Å². The predicted molar refractivity (Wildman–Crippen MR) is 380 cm³/mol. The van der Waals surface area contributed by atoms with E-state index in [1.807, 2.05) is 0 Å². The molecular weight excluding hydrogens is 1050 g/mol. The molecule has 1 N–H and O–H groups in total. The number of aliphatic hydroxyl groups excluding tert-OH is 1. The number of unbranched alkanes of at least 4 members (excludes halogenated alkanes) is 28. The van der Waals surface area contributed by atoms with Crippen LogP contribution in [0.1, 0.15) is 309 Å². The summed E-state index contributed by atoms with van der Waals surface area (Å²) < 4.78 is 10.8. The van der Waals surface area contributed by atoms with Gasteiger partial charge in [0.25, 0.3) is 0 Å². The quantitative estimate of drug-likeness (QED) is 0.0373. The van der Waals surface area contributed by atoms with Gasteiger partial charge in [-0.15, -0.1) is 0 Å². The van der Waals surface area contributed by atoms with Gasteiger partial charge in [-0.25, -0.2) is 0 Å². The van der Waals surface area contributed by atoms with Gasteiger partial charge < -0.3 is 14.6 Å². The van der Waals surface area contributed by atoms with Crippen LogP contribution in [0.4, 0.5) is 0 Å². The van der Waals surface area contributed by atoms with Gasteiger partial charge in [-0.05, 0) is 128 Å². The van der Waals surface area contributed by atoms with Gasteiger partial charge >= 0.3 is 11.9 Å². The Kier molecular flexibility index (Phi) is 70.4. The average Bonchev–Trinajstić information content (AvgIpc) is 3.55. The molecule has 0 aromatic carbocycles. The van der Waals surface area contributed by atoms with Crippen molar-refractivity contribution in [2.75, 3.05) is 13.2 Å². The van der Waals surface area contributed by atoms with Crippen LogP contribution in [0.25, 0.3) is 0 Å². The Morgan fingerprint density at radius 3 is 0.698 bits per heavy atom. The van der Waals surface area contributed by atoms with Gasteiger partial charge in [-0.1, -0.05) is 338 Å². The minimum Gasteiger partial charge on any atom is -0.462 e. The van der Waals surface area contributed by atoms with Gasteiger partial charge in [-0.2, -0.15) is 0 Å². The monoisotopic (exact) mass is 1190 g/mol. The number of allylic oxidation sites excluding steroid dienone is 28. The molecule has 0 saturated heterocycles. The summed E-state index contributed by atoms with van der Waals surface area (Å²) in [5.41, 5.74) is 0. The van der Waals surface area contributed by atoms with Gasteiger partial charge in [0.2, 0.25) is 0 Å². The third-order valence-corrected chi connectivity index (χ3v) is 15.0. The number of hydrogen-bond acceptors (Lipinski definition) is 5. The highest BCUT2D eigenvalue weighted by atomic mass is 16.6. The Bertz CT molecular complexity index is 1870. The zero-order valence-electron chi connectivity index (χ0n) is 55.8. The lowest BCUT2D eigenvalue weighted by atomic mass is 10.0. The summed E-state index contributed by atoms with van der Waals surface area (Å²) in [4.78, 5) is 24.7. The first-order valence-electron chi connectivity index (χ1n) is 35.7. The molecule has 0 rings (SSSR count). The van der Waals surface area contributed by atoms with E-state index in [4.69, 9.17) is 9.47 Å². The molecule has 1 unspecified atom stereocenters. The minimum absolute atomic E-state index is 0.0738. The first-order valence-corrected chi connectivity index (χ1v) is 35.7. The average molecular weight is 1190 g/mol. The third kappa shape index (κ3) is 71.7. The summed E-state index contributed by atoms with van der Waals surface area (Å²) in [5, 5.41) is 9.71. The lowest BCUT2D eigenvalue weighted by Gasteiger charge is -2.15. The molecule has 1 atom stereocenters. The van der Waals surface area contributed by atoms with E-state index < -0.39 is 6.10 Å². The van der Waals surface area contributed by atoms with Gasteiger partial charge in [0.05, 0.1) is 6.61 Å². The number of carbonyl (C=O) groups is 2. The van der Waals surface area contributed by atoms with Crippen LogP contribution in [-0.2, 0) is 19.1 Å². The molecule has 0 radical (unpaired) electrons. The third-order valence-electron chi connectivity index (χ3n) is 15.0. The summed E-state index contributed by atoms with van der Waals surface area (Å²) in [5.74, 6) is -0.593. The Balaban J connectivity index is 3.51. The topological polar surface area (TPSA) is 72.8 Å². The van der Waals surface area contributed by atoms with Gasteiger partial charge in [0.15, 0.2) is 6.10 Å². The molecule has 0 spiro atoms. The maximum atomic E-state index is 12.4. The van der Waals surface area contributed by atoms with Crippen molar-refractivity contribution in [1.29, 1.82) is 0 Å². The molecule has 0 fully saturated rings. The molecule has 5 heteroatoms. The number of hydrogen-bond donors (Lipinski definition) is 1. The molecule has 486 valence electrons. The van der Waals surface area contributed by atoms with E-state index in [0.717, 1.165) is 128 Å². The van der Waals surface area contributed by atoms with Crippen molar-refractivity contribution in [1.82, 2.24) is 0 Å². The van der Waals surface area contributed by atoms with Crippen molar-refractivity contribution in [3.8, 4) is 0 Å². The van der Waals surface area contributed by atoms with Crippen molar-refractivity contribution >= 4 is 11.9 Å². The first kappa shape index (κ1) is 81.3. The molecule has 0 aliphatic carbocycles. The molecule has 0 saturated carbocycles. The van der Waals surface area contributed by atoms with Crippen molar-refractivity contribution in [3.05, 3.63) is 170 Å². The summed E-state index contributed by atoms with van der Waals surface area (Å²) in [7, 11) is 0. The zero-order valence-corrected chi connectivity index (χ0v) is 55.8. The Morgan fingerprint density at radius 2 is 0.465 bits per heavy atom. The van der Waals surface area contributed by atoms with E-state index in [-0.39, 0.29) is 25.2 Å². The number of rotatable bonds is 64. The van der Waals surface area contributed by atoms with Crippen molar-refractivity contribution in [3.63, 3.8) is 0 Å². The highest BCUT2D eigenvalue weighted by Crippen LogP contribution is 2.17.